The maximum Gasteiger partial charge on any atom is -0.0149 e. The molecule has 1 fully saturated rings. The molecule has 0 aromatic heterocycles. The minimum absolute atomic E-state index is 0.408. The molecule has 0 saturated heterocycles. The molecule has 0 heteroatoms. The Labute approximate surface area is 126 Å². The Balaban J connectivity index is 2.26. The monoisotopic (exact) mass is 272 g/mol. The second-order valence-corrected chi connectivity index (χ2v) is 7.68. The van der Waals surface area contributed by atoms with Crippen molar-refractivity contribution in [2.45, 2.75) is 72.6 Å². The predicted molar refractivity (Wildman–Crippen MR) is 89.7 cm³/mol. The fourth-order valence-electron chi connectivity index (χ4n) is 4.18. The molecule has 2 atom stereocenters. The van der Waals surface area contributed by atoms with Gasteiger partial charge in [-0.25, -0.2) is 0 Å². The second kappa shape index (κ2) is 6.33. The van der Waals surface area contributed by atoms with Crippen LogP contribution in [-0.4, -0.2) is 0 Å². The van der Waals surface area contributed by atoms with Gasteiger partial charge >= 0.3 is 0 Å². The molecule has 0 nitrogen and oxygen atoms in total. The molecule has 0 aliphatic heterocycles. The molecular weight excluding hydrogens is 240 g/mol. The third kappa shape index (κ3) is 3.45. The highest BCUT2D eigenvalue weighted by Gasteiger charge is 2.40. The van der Waals surface area contributed by atoms with Gasteiger partial charge in [0.25, 0.3) is 0 Å². The maximum atomic E-state index is 4.40. The summed E-state index contributed by atoms with van der Waals surface area (Å²) in [5.74, 6) is 1.54. The molecule has 2 aliphatic carbocycles. The Hall–Kier alpha value is -0.780. The van der Waals surface area contributed by atoms with Gasteiger partial charge < -0.3 is 0 Å². The summed E-state index contributed by atoms with van der Waals surface area (Å²) in [6, 6.07) is 0. The van der Waals surface area contributed by atoms with E-state index in [1.54, 1.807) is 11.1 Å². The van der Waals surface area contributed by atoms with E-state index in [-0.39, 0.29) is 0 Å². The first-order valence-corrected chi connectivity index (χ1v) is 8.40. The first-order chi connectivity index (χ1) is 9.41. The van der Waals surface area contributed by atoms with E-state index in [9.17, 15) is 0 Å². The van der Waals surface area contributed by atoms with Crippen molar-refractivity contribution in [3.63, 3.8) is 0 Å². The standard InChI is InChI=1S/C20H32/c1-15-7-6-8-16(2)10-14-19-17(3)11-13-18(12-9-15)20(19,4)5/h8-9,18-19H,3,6-7,10-14H2,1-2,4-5H3/b15-9-,16-8-/t18-,19-/m1/s1. The molecule has 112 valence electrons. The van der Waals surface area contributed by atoms with Crippen LogP contribution in [0.25, 0.3) is 0 Å². The third-order valence-corrected chi connectivity index (χ3v) is 5.87. The largest absolute Gasteiger partial charge is 0.0996 e. The van der Waals surface area contributed by atoms with Gasteiger partial charge in [0, 0.05) is 0 Å². The average molecular weight is 272 g/mol. The highest BCUT2D eigenvalue weighted by Crippen LogP contribution is 2.51. The molecule has 1 saturated carbocycles. The summed E-state index contributed by atoms with van der Waals surface area (Å²) in [5.41, 5.74) is 5.07. The van der Waals surface area contributed by atoms with Crippen LogP contribution in [0.4, 0.5) is 0 Å². The Morgan fingerprint density at radius 2 is 1.70 bits per heavy atom. The van der Waals surface area contributed by atoms with Crippen molar-refractivity contribution in [2.75, 3.05) is 0 Å². The highest BCUT2D eigenvalue weighted by molar-refractivity contribution is 5.15. The number of hydrogen-bond donors (Lipinski definition) is 0. The molecule has 0 aromatic carbocycles. The van der Waals surface area contributed by atoms with Crippen LogP contribution in [0.15, 0.2) is 35.5 Å². The van der Waals surface area contributed by atoms with Gasteiger partial charge in [0.05, 0.1) is 0 Å². The van der Waals surface area contributed by atoms with Crippen LogP contribution >= 0.6 is 0 Å². The summed E-state index contributed by atoms with van der Waals surface area (Å²) >= 11 is 0. The molecule has 2 bridgehead atoms. The van der Waals surface area contributed by atoms with Crippen molar-refractivity contribution >= 4 is 0 Å². The number of allylic oxidation sites excluding steroid dienone is 5. The van der Waals surface area contributed by atoms with E-state index in [0.717, 1.165) is 5.92 Å². The van der Waals surface area contributed by atoms with Gasteiger partial charge in [0.2, 0.25) is 0 Å². The number of fused-ring (bicyclic) bond motifs is 2. The molecule has 2 aliphatic rings. The average Bonchev–Trinajstić information content (AvgIpc) is 2.36. The number of rotatable bonds is 0. The van der Waals surface area contributed by atoms with Gasteiger partial charge in [-0.1, -0.05) is 49.3 Å². The fourth-order valence-corrected chi connectivity index (χ4v) is 4.18. The van der Waals surface area contributed by atoms with Crippen LogP contribution in [0.1, 0.15) is 72.6 Å². The van der Waals surface area contributed by atoms with Gasteiger partial charge in [-0.05, 0) is 76.0 Å². The Morgan fingerprint density at radius 3 is 2.45 bits per heavy atom. The minimum atomic E-state index is 0.408. The summed E-state index contributed by atoms with van der Waals surface area (Å²) in [6.07, 6.45) is 13.8. The minimum Gasteiger partial charge on any atom is -0.0996 e. The SMILES string of the molecule is C=C1CC[C@H]2C/C=C(/C)CC/C=C(/C)CC[C@H]1C2(C)C. The predicted octanol–water partition coefficient (Wildman–Crippen LogP) is 6.45. The van der Waals surface area contributed by atoms with Crippen molar-refractivity contribution in [2.24, 2.45) is 17.3 Å². The van der Waals surface area contributed by atoms with Gasteiger partial charge in [-0.3, -0.25) is 0 Å². The van der Waals surface area contributed by atoms with Crippen LogP contribution < -0.4 is 0 Å². The van der Waals surface area contributed by atoms with Crippen molar-refractivity contribution in [3.05, 3.63) is 35.5 Å². The highest BCUT2D eigenvalue weighted by atomic mass is 14.5. The Bertz CT molecular complexity index is 419. The van der Waals surface area contributed by atoms with Crippen molar-refractivity contribution in [1.29, 1.82) is 0 Å². The molecule has 0 radical (unpaired) electrons. The lowest BCUT2D eigenvalue weighted by Crippen LogP contribution is -2.37. The van der Waals surface area contributed by atoms with Gasteiger partial charge in [-0.2, -0.15) is 0 Å². The molecule has 0 N–H and O–H groups in total. The van der Waals surface area contributed by atoms with E-state index >= 15 is 0 Å². The summed E-state index contributed by atoms with van der Waals surface area (Å²) in [7, 11) is 0. The second-order valence-electron chi connectivity index (χ2n) is 7.68. The van der Waals surface area contributed by atoms with Crippen LogP contribution in [-0.2, 0) is 0 Å². The zero-order valence-electron chi connectivity index (χ0n) is 14.0. The Morgan fingerprint density at radius 1 is 1.00 bits per heavy atom. The zero-order chi connectivity index (χ0) is 14.8. The van der Waals surface area contributed by atoms with E-state index in [1.807, 2.05) is 0 Å². The lowest BCUT2D eigenvalue weighted by molar-refractivity contribution is 0.0950. The summed E-state index contributed by atoms with van der Waals surface area (Å²) in [4.78, 5) is 0. The van der Waals surface area contributed by atoms with Gasteiger partial charge in [0.1, 0.15) is 0 Å². The van der Waals surface area contributed by atoms with Crippen molar-refractivity contribution in [3.8, 4) is 0 Å². The summed E-state index contributed by atoms with van der Waals surface area (Å²) < 4.78 is 0. The van der Waals surface area contributed by atoms with Crippen molar-refractivity contribution < 1.29 is 0 Å². The number of hydrogen-bond acceptors (Lipinski definition) is 0. The molecule has 0 aromatic rings. The van der Waals surface area contributed by atoms with E-state index in [0.29, 0.717) is 11.3 Å². The van der Waals surface area contributed by atoms with Crippen molar-refractivity contribution in [1.82, 2.24) is 0 Å². The van der Waals surface area contributed by atoms with Gasteiger partial charge in [-0.15, -0.1) is 0 Å². The quantitative estimate of drug-likeness (QED) is 0.444. The normalized spacial score (nSPS) is 36.9. The van der Waals surface area contributed by atoms with Crippen LogP contribution in [0, 0.1) is 17.3 Å². The molecule has 0 spiro atoms. The van der Waals surface area contributed by atoms with Crippen LogP contribution in [0.3, 0.4) is 0 Å². The van der Waals surface area contributed by atoms with Crippen LogP contribution in [0.5, 0.6) is 0 Å². The van der Waals surface area contributed by atoms with Crippen LogP contribution in [0.2, 0.25) is 0 Å². The maximum absolute atomic E-state index is 4.40. The molecule has 2 rings (SSSR count). The summed E-state index contributed by atoms with van der Waals surface area (Å²) in [5, 5.41) is 0. The third-order valence-electron chi connectivity index (χ3n) is 5.87. The van der Waals surface area contributed by atoms with E-state index in [2.05, 4.69) is 46.4 Å². The molecule has 0 heterocycles. The lowest BCUT2D eigenvalue weighted by atomic mass is 9.58. The van der Waals surface area contributed by atoms with Gasteiger partial charge in [0.15, 0.2) is 0 Å². The van der Waals surface area contributed by atoms with E-state index in [1.165, 1.54) is 50.5 Å². The Kier molecular flexibility index (Phi) is 4.94. The molecule has 0 unspecified atom stereocenters. The topological polar surface area (TPSA) is 0 Å². The first-order valence-electron chi connectivity index (χ1n) is 8.40. The lowest BCUT2D eigenvalue weighted by Gasteiger charge is -2.47. The van der Waals surface area contributed by atoms with E-state index < -0.39 is 0 Å². The zero-order valence-corrected chi connectivity index (χ0v) is 14.0. The first kappa shape index (κ1) is 15.6. The smallest absolute Gasteiger partial charge is 0.0149 e. The molecule has 20 heavy (non-hydrogen) atoms. The molecular formula is C20H32. The fraction of sp³-hybridized carbons (Fsp3) is 0.700. The molecule has 0 amide bonds. The van der Waals surface area contributed by atoms with E-state index in [4.69, 9.17) is 0 Å². The summed E-state index contributed by atoms with van der Waals surface area (Å²) in [6.45, 7) is 14.0.